The van der Waals surface area contributed by atoms with Crippen LogP contribution in [0.4, 0.5) is 5.69 Å². The van der Waals surface area contributed by atoms with E-state index in [1.807, 2.05) is 0 Å². The van der Waals surface area contributed by atoms with Gasteiger partial charge in [0, 0.05) is 17.3 Å². The maximum absolute atomic E-state index is 10.8. The first kappa shape index (κ1) is 14.3. The molecule has 18 heavy (non-hydrogen) atoms. The third-order valence-corrected chi connectivity index (χ3v) is 2.91. The van der Waals surface area contributed by atoms with Crippen LogP contribution in [0.3, 0.4) is 0 Å². The van der Waals surface area contributed by atoms with Crippen LogP contribution in [0.2, 0.25) is 5.02 Å². The molecule has 2 N–H and O–H groups in total. The molecule has 0 amide bonds. The van der Waals surface area contributed by atoms with Gasteiger partial charge in [-0.15, -0.1) is 0 Å². The molecule has 0 unspecified atom stereocenters. The number of carboxylic acid groups (broad SMARTS) is 2. The fourth-order valence-corrected chi connectivity index (χ4v) is 1.79. The van der Waals surface area contributed by atoms with Crippen molar-refractivity contribution < 1.29 is 19.8 Å². The quantitative estimate of drug-likeness (QED) is 0.828. The minimum absolute atomic E-state index is 0.126. The number of nitrogens with zero attached hydrogens (tertiary/aromatic N) is 1. The van der Waals surface area contributed by atoms with E-state index >= 15 is 0 Å². The van der Waals surface area contributed by atoms with Gasteiger partial charge in [-0.2, -0.15) is 0 Å². The lowest BCUT2D eigenvalue weighted by atomic mass is 10.1. The van der Waals surface area contributed by atoms with Crippen LogP contribution in [-0.2, 0) is 9.59 Å². The maximum Gasteiger partial charge on any atom is 0.323 e. The average molecular weight is 272 g/mol. The Morgan fingerprint density at radius 1 is 1.28 bits per heavy atom. The van der Waals surface area contributed by atoms with Crippen LogP contribution in [0.15, 0.2) is 18.2 Å². The number of hydrogen-bond acceptors (Lipinski definition) is 3. The Morgan fingerprint density at radius 2 is 1.94 bits per heavy atom. The van der Waals surface area contributed by atoms with Crippen molar-refractivity contribution in [2.24, 2.45) is 0 Å². The second-order valence-corrected chi connectivity index (χ2v) is 4.25. The molecule has 0 radical (unpaired) electrons. The highest BCUT2D eigenvalue weighted by Gasteiger charge is 2.15. The van der Waals surface area contributed by atoms with Crippen LogP contribution < -0.4 is 4.90 Å². The zero-order valence-corrected chi connectivity index (χ0v) is 10.6. The number of carbonyl (C=O) groups is 2. The lowest BCUT2D eigenvalue weighted by molar-refractivity contribution is -0.138. The average Bonchev–Trinajstić information content (AvgIpc) is 2.27. The van der Waals surface area contributed by atoms with Crippen LogP contribution in [0.5, 0.6) is 0 Å². The zero-order chi connectivity index (χ0) is 13.7. The van der Waals surface area contributed by atoms with E-state index in [2.05, 4.69) is 0 Å². The molecule has 0 aliphatic carbocycles. The summed E-state index contributed by atoms with van der Waals surface area (Å²) in [7, 11) is 0. The predicted octanol–water partition coefficient (Wildman–Crippen LogP) is 2.01. The van der Waals surface area contributed by atoms with E-state index in [-0.39, 0.29) is 19.5 Å². The Kier molecular flexibility index (Phi) is 4.97. The molecule has 0 fully saturated rings. The topological polar surface area (TPSA) is 77.8 Å². The molecule has 0 saturated carbocycles. The molecule has 0 aliphatic rings. The summed E-state index contributed by atoms with van der Waals surface area (Å²) in [5.74, 6) is -1.98. The SMILES string of the molecule is Cc1c(Cl)cccc1N(CCC(=O)O)CC(=O)O. The fraction of sp³-hybridized carbons (Fsp3) is 0.333. The van der Waals surface area contributed by atoms with Crippen LogP contribution in [0.25, 0.3) is 0 Å². The van der Waals surface area contributed by atoms with Gasteiger partial charge in [0.2, 0.25) is 0 Å². The van der Waals surface area contributed by atoms with Gasteiger partial charge in [-0.3, -0.25) is 9.59 Å². The van der Waals surface area contributed by atoms with Gasteiger partial charge in [0.1, 0.15) is 6.54 Å². The number of benzene rings is 1. The minimum Gasteiger partial charge on any atom is -0.481 e. The van der Waals surface area contributed by atoms with Crippen molar-refractivity contribution in [2.75, 3.05) is 18.0 Å². The van der Waals surface area contributed by atoms with Crippen molar-refractivity contribution in [3.8, 4) is 0 Å². The van der Waals surface area contributed by atoms with Crippen molar-refractivity contribution in [3.05, 3.63) is 28.8 Å². The second kappa shape index (κ2) is 6.26. The molecule has 0 aromatic heterocycles. The first-order valence-corrected chi connectivity index (χ1v) is 5.73. The summed E-state index contributed by atoms with van der Waals surface area (Å²) in [6.45, 7) is 1.64. The van der Waals surface area contributed by atoms with Gasteiger partial charge in [0.15, 0.2) is 0 Å². The molecular formula is C12H14ClNO4. The lowest BCUT2D eigenvalue weighted by Gasteiger charge is -2.24. The highest BCUT2D eigenvalue weighted by molar-refractivity contribution is 6.31. The third kappa shape index (κ3) is 3.92. The Hall–Kier alpha value is -1.75. The maximum atomic E-state index is 10.8. The lowest BCUT2D eigenvalue weighted by Crippen LogP contribution is -2.32. The van der Waals surface area contributed by atoms with Crippen molar-refractivity contribution >= 4 is 29.2 Å². The summed E-state index contributed by atoms with van der Waals surface area (Å²) in [5.41, 5.74) is 1.39. The van der Waals surface area contributed by atoms with Crippen LogP contribution in [0.1, 0.15) is 12.0 Å². The van der Waals surface area contributed by atoms with Crippen LogP contribution in [0, 0.1) is 6.92 Å². The van der Waals surface area contributed by atoms with Gasteiger partial charge >= 0.3 is 11.9 Å². The number of hydrogen-bond donors (Lipinski definition) is 2. The third-order valence-electron chi connectivity index (χ3n) is 2.50. The predicted molar refractivity (Wildman–Crippen MR) is 68.3 cm³/mol. The Balaban J connectivity index is 2.97. The van der Waals surface area contributed by atoms with E-state index in [4.69, 9.17) is 21.8 Å². The molecule has 5 nitrogen and oxygen atoms in total. The molecule has 0 bridgehead atoms. The van der Waals surface area contributed by atoms with Crippen LogP contribution in [-0.4, -0.2) is 35.2 Å². The summed E-state index contributed by atoms with van der Waals surface area (Å²) in [6, 6.07) is 5.14. The molecule has 0 heterocycles. The van der Waals surface area contributed by atoms with Gasteiger partial charge in [-0.25, -0.2) is 0 Å². The van der Waals surface area contributed by atoms with Crippen molar-refractivity contribution in [1.29, 1.82) is 0 Å². The molecule has 1 rings (SSSR count). The Labute approximate surface area is 110 Å². The molecule has 0 atom stereocenters. The molecule has 0 saturated heterocycles. The number of rotatable bonds is 6. The van der Waals surface area contributed by atoms with Gasteiger partial charge in [0.05, 0.1) is 6.42 Å². The molecule has 0 spiro atoms. The molecule has 1 aromatic carbocycles. The van der Waals surface area contributed by atoms with Crippen molar-refractivity contribution in [2.45, 2.75) is 13.3 Å². The largest absolute Gasteiger partial charge is 0.481 e. The molecular weight excluding hydrogens is 258 g/mol. The summed E-state index contributed by atoms with van der Waals surface area (Å²) >= 11 is 5.97. The van der Waals surface area contributed by atoms with Crippen molar-refractivity contribution in [3.63, 3.8) is 0 Å². The number of halogens is 1. The summed E-state index contributed by atoms with van der Waals surface area (Å²) < 4.78 is 0. The van der Waals surface area contributed by atoms with Gasteiger partial charge in [-0.05, 0) is 24.6 Å². The highest BCUT2D eigenvalue weighted by atomic mass is 35.5. The molecule has 0 aliphatic heterocycles. The smallest absolute Gasteiger partial charge is 0.323 e. The fourth-order valence-electron chi connectivity index (χ4n) is 1.62. The normalized spacial score (nSPS) is 10.1. The molecule has 98 valence electrons. The summed E-state index contributed by atoms with van der Waals surface area (Å²) in [5, 5.41) is 18.0. The molecule has 1 aromatic rings. The first-order valence-electron chi connectivity index (χ1n) is 5.35. The number of aliphatic carboxylic acids is 2. The van der Waals surface area contributed by atoms with E-state index in [9.17, 15) is 9.59 Å². The van der Waals surface area contributed by atoms with Crippen LogP contribution >= 0.6 is 11.6 Å². The number of carboxylic acids is 2. The second-order valence-electron chi connectivity index (χ2n) is 3.84. The summed E-state index contributed by atoms with van der Waals surface area (Å²) in [4.78, 5) is 22.9. The monoisotopic (exact) mass is 271 g/mol. The standard InChI is InChI=1S/C12H14ClNO4/c1-8-9(13)3-2-4-10(8)14(7-12(17)18)6-5-11(15)16/h2-4H,5-7H2,1H3,(H,15,16)(H,17,18). The van der Waals surface area contributed by atoms with Gasteiger partial charge in [-0.1, -0.05) is 17.7 Å². The minimum atomic E-state index is -1.01. The Bertz CT molecular complexity index is 461. The molecule has 6 heteroatoms. The van der Waals surface area contributed by atoms with E-state index < -0.39 is 11.9 Å². The Morgan fingerprint density at radius 3 is 2.50 bits per heavy atom. The summed E-state index contributed by atoms with van der Waals surface area (Å²) in [6.07, 6.45) is -0.126. The van der Waals surface area contributed by atoms with E-state index in [0.29, 0.717) is 10.7 Å². The van der Waals surface area contributed by atoms with E-state index in [0.717, 1.165) is 5.56 Å². The van der Waals surface area contributed by atoms with Gasteiger partial charge in [0.25, 0.3) is 0 Å². The van der Waals surface area contributed by atoms with Crippen molar-refractivity contribution in [1.82, 2.24) is 0 Å². The van der Waals surface area contributed by atoms with Gasteiger partial charge < -0.3 is 15.1 Å². The zero-order valence-electron chi connectivity index (χ0n) is 9.89. The highest BCUT2D eigenvalue weighted by Crippen LogP contribution is 2.26. The van der Waals surface area contributed by atoms with E-state index in [1.165, 1.54) is 4.90 Å². The number of anilines is 1. The first-order chi connectivity index (χ1) is 8.41. The van der Waals surface area contributed by atoms with E-state index in [1.54, 1.807) is 25.1 Å².